The number of fused-ring (bicyclic) bond motifs is 1. The van der Waals surface area contributed by atoms with Gasteiger partial charge in [0, 0.05) is 6.54 Å². The highest BCUT2D eigenvalue weighted by Gasteiger charge is 2.25. The minimum absolute atomic E-state index is 0.0184. The van der Waals surface area contributed by atoms with Gasteiger partial charge in [0.1, 0.15) is 19.5 Å². The van der Waals surface area contributed by atoms with Crippen molar-refractivity contribution in [3.63, 3.8) is 0 Å². The third kappa shape index (κ3) is 2.61. The molecule has 5 nitrogen and oxygen atoms in total. The molecular weight excluding hydrogens is 222 g/mol. The number of rotatable bonds is 5. The van der Waals surface area contributed by atoms with Crippen LogP contribution in [-0.2, 0) is 14.3 Å². The van der Waals surface area contributed by atoms with Crippen molar-refractivity contribution in [1.29, 1.82) is 0 Å². The third-order valence-electron chi connectivity index (χ3n) is 2.83. The van der Waals surface area contributed by atoms with Crippen molar-refractivity contribution in [3.8, 4) is 0 Å². The molecule has 0 atom stereocenters. The van der Waals surface area contributed by atoms with E-state index in [1.807, 2.05) is 11.0 Å². The maximum Gasteiger partial charge on any atom is 0.180 e. The van der Waals surface area contributed by atoms with Crippen LogP contribution in [0.15, 0.2) is 23.3 Å². The summed E-state index contributed by atoms with van der Waals surface area (Å²) in [6.07, 6.45) is 4.54. The van der Waals surface area contributed by atoms with Gasteiger partial charge in [0.15, 0.2) is 11.5 Å². The van der Waals surface area contributed by atoms with E-state index in [9.17, 15) is 4.79 Å². The number of hydrogen-bond donors (Lipinski definition) is 1. The number of allylic oxidation sites excluding steroid dienone is 2. The van der Waals surface area contributed by atoms with Gasteiger partial charge < -0.3 is 24.3 Å². The molecule has 0 bridgehead atoms. The molecule has 0 spiro atoms. The number of nitrogens with zero attached hydrogens (tertiary/aromatic N) is 1. The van der Waals surface area contributed by atoms with Crippen LogP contribution in [0.4, 0.5) is 0 Å². The molecule has 1 aliphatic carbocycles. The molecule has 0 aromatic carbocycles. The van der Waals surface area contributed by atoms with Crippen LogP contribution in [0.1, 0.15) is 12.8 Å². The van der Waals surface area contributed by atoms with Crippen LogP contribution in [0.3, 0.4) is 0 Å². The summed E-state index contributed by atoms with van der Waals surface area (Å²) < 4.78 is 11.1. The number of aldehydes is 1. The largest absolute Gasteiger partial charge is 0.486 e. The summed E-state index contributed by atoms with van der Waals surface area (Å²) in [6, 6.07) is 0. The van der Waals surface area contributed by atoms with Gasteiger partial charge in [-0.3, -0.25) is 0 Å². The topological polar surface area (TPSA) is 59.0 Å². The molecule has 0 saturated carbocycles. The van der Waals surface area contributed by atoms with E-state index in [0.29, 0.717) is 19.8 Å². The molecule has 1 heterocycles. The van der Waals surface area contributed by atoms with Gasteiger partial charge in [-0.15, -0.1) is 0 Å². The van der Waals surface area contributed by atoms with Crippen LogP contribution < -0.4 is 0 Å². The first-order chi connectivity index (χ1) is 8.36. The Morgan fingerprint density at radius 2 is 2.24 bits per heavy atom. The van der Waals surface area contributed by atoms with E-state index in [-0.39, 0.29) is 13.2 Å². The molecule has 1 fully saturated rings. The van der Waals surface area contributed by atoms with Crippen molar-refractivity contribution in [2.45, 2.75) is 12.8 Å². The predicted octanol–water partition coefficient (Wildman–Crippen LogP) is 0.416. The molecule has 94 valence electrons. The average Bonchev–Trinajstić information content (AvgIpc) is 2.38. The lowest BCUT2D eigenvalue weighted by Crippen LogP contribution is -2.32. The zero-order valence-corrected chi connectivity index (χ0v) is 9.72. The fourth-order valence-electron chi connectivity index (χ4n) is 2.11. The number of aliphatic hydroxyl groups excluding tert-OH is 1. The molecular formula is C12H17NO4. The maximum atomic E-state index is 10.7. The molecule has 0 radical (unpaired) electrons. The van der Waals surface area contributed by atoms with Crippen LogP contribution in [0, 0.1) is 0 Å². The van der Waals surface area contributed by atoms with E-state index < -0.39 is 0 Å². The quantitative estimate of drug-likeness (QED) is 0.704. The van der Waals surface area contributed by atoms with Crippen molar-refractivity contribution in [1.82, 2.24) is 4.90 Å². The first kappa shape index (κ1) is 12.0. The summed E-state index contributed by atoms with van der Waals surface area (Å²) in [7, 11) is 0. The van der Waals surface area contributed by atoms with Crippen molar-refractivity contribution in [2.75, 3.05) is 32.9 Å². The van der Waals surface area contributed by atoms with E-state index in [2.05, 4.69) is 0 Å². The fraction of sp³-hybridized carbons (Fsp3) is 0.583. The third-order valence-corrected chi connectivity index (χ3v) is 2.83. The molecule has 1 aliphatic heterocycles. The van der Waals surface area contributed by atoms with Gasteiger partial charge in [-0.05, 0) is 18.9 Å². The average molecular weight is 239 g/mol. The molecule has 1 saturated heterocycles. The second-order valence-corrected chi connectivity index (χ2v) is 3.92. The monoisotopic (exact) mass is 239 g/mol. The van der Waals surface area contributed by atoms with Gasteiger partial charge in [-0.1, -0.05) is 0 Å². The van der Waals surface area contributed by atoms with Crippen molar-refractivity contribution < 1.29 is 19.4 Å². The lowest BCUT2D eigenvalue weighted by molar-refractivity contribution is -0.108. The van der Waals surface area contributed by atoms with Crippen molar-refractivity contribution in [3.05, 3.63) is 23.3 Å². The Bertz CT molecular complexity index is 348. The maximum absolute atomic E-state index is 10.7. The van der Waals surface area contributed by atoms with E-state index in [1.54, 1.807) is 0 Å². The van der Waals surface area contributed by atoms with Gasteiger partial charge in [-0.25, -0.2) is 0 Å². The highest BCUT2D eigenvalue weighted by Crippen LogP contribution is 2.31. The summed E-state index contributed by atoms with van der Waals surface area (Å²) in [4.78, 5) is 12.5. The SMILES string of the molecule is O=CCN(CCO)C1=C2OCCOC2=CCC1. The van der Waals surface area contributed by atoms with Gasteiger partial charge >= 0.3 is 0 Å². The second-order valence-electron chi connectivity index (χ2n) is 3.92. The summed E-state index contributed by atoms with van der Waals surface area (Å²) >= 11 is 0. The number of ether oxygens (including phenoxy) is 2. The fourth-order valence-corrected chi connectivity index (χ4v) is 2.11. The summed E-state index contributed by atoms with van der Waals surface area (Å²) in [5.74, 6) is 1.50. The molecule has 1 N–H and O–H groups in total. The summed E-state index contributed by atoms with van der Waals surface area (Å²) in [5, 5.41) is 9.02. The number of carbonyl (C=O) groups excluding carboxylic acids is 1. The van der Waals surface area contributed by atoms with Crippen LogP contribution in [0.2, 0.25) is 0 Å². The van der Waals surface area contributed by atoms with Gasteiger partial charge in [0.05, 0.1) is 18.8 Å². The lowest BCUT2D eigenvalue weighted by Gasteiger charge is -2.32. The minimum Gasteiger partial charge on any atom is -0.486 e. The number of aliphatic hydroxyl groups is 1. The Morgan fingerprint density at radius 3 is 3.00 bits per heavy atom. The van der Waals surface area contributed by atoms with E-state index >= 15 is 0 Å². The highest BCUT2D eigenvalue weighted by atomic mass is 16.6. The molecule has 0 amide bonds. The Labute approximate surface area is 100 Å². The Balaban J connectivity index is 2.23. The molecule has 0 unspecified atom stereocenters. The zero-order chi connectivity index (χ0) is 12.1. The smallest absolute Gasteiger partial charge is 0.180 e. The highest BCUT2D eigenvalue weighted by molar-refractivity contribution is 5.53. The molecule has 0 aromatic rings. The molecule has 5 heteroatoms. The van der Waals surface area contributed by atoms with Gasteiger partial charge in [0.2, 0.25) is 0 Å². The zero-order valence-electron chi connectivity index (χ0n) is 9.72. The van der Waals surface area contributed by atoms with E-state index in [0.717, 1.165) is 36.3 Å². The molecule has 2 rings (SSSR count). The molecule has 0 aromatic heterocycles. The lowest BCUT2D eigenvalue weighted by atomic mass is 10.1. The second kappa shape index (κ2) is 5.72. The summed E-state index contributed by atoms with van der Waals surface area (Å²) in [6.45, 7) is 1.83. The Morgan fingerprint density at radius 1 is 1.41 bits per heavy atom. The van der Waals surface area contributed by atoms with Gasteiger partial charge in [-0.2, -0.15) is 0 Å². The molecule has 2 aliphatic rings. The van der Waals surface area contributed by atoms with Crippen LogP contribution in [0.5, 0.6) is 0 Å². The first-order valence-electron chi connectivity index (χ1n) is 5.85. The van der Waals surface area contributed by atoms with Crippen LogP contribution in [0.25, 0.3) is 0 Å². The Hall–Kier alpha value is -1.49. The first-order valence-corrected chi connectivity index (χ1v) is 5.85. The Kier molecular flexibility index (Phi) is 4.03. The van der Waals surface area contributed by atoms with Crippen LogP contribution in [-0.4, -0.2) is 49.2 Å². The van der Waals surface area contributed by atoms with Crippen molar-refractivity contribution >= 4 is 6.29 Å². The minimum atomic E-state index is 0.0184. The molecule has 17 heavy (non-hydrogen) atoms. The summed E-state index contributed by atoms with van der Waals surface area (Å²) in [5.41, 5.74) is 0.961. The number of carbonyl (C=O) groups is 1. The van der Waals surface area contributed by atoms with E-state index in [4.69, 9.17) is 14.6 Å². The van der Waals surface area contributed by atoms with Crippen LogP contribution >= 0.6 is 0 Å². The van der Waals surface area contributed by atoms with Crippen molar-refractivity contribution in [2.24, 2.45) is 0 Å². The van der Waals surface area contributed by atoms with Gasteiger partial charge in [0.25, 0.3) is 0 Å². The normalized spacial score (nSPS) is 18.8. The number of hydrogen-bond acceptors (Lipinski definition) is 5. The predicted molar refractivity (Wildman–Crippen MR) is 61.0 cm³/mol. The standard InChI is InChI=1S/C12H17NO4/c14-6-4-13(5-7-15)10-2-1-3-11-12(10)17-9-8-16-11/h3,6,15H,1-2,4-5,7-9H2. The van der Waals surface area contributed by atoms with E-state index in [1.165, 1.54) is 0 Å².